The van der Waals surface area contributed by atoms with E-state index < -0.39 is 0 Å². The molecule has 2 nitrogen and oxygen atoms in total. The van der Waals surface area contributed by atoms with Crippen molar-refractivity contribution in [3.05, 3.63) is 0 Å². The molecular formula is C9H14NOSe. The summed E-state index contributed by atoms with van der Waals surface area (Å²) in [5, 5.41) is 0. The van der Waals surface area contributed by atoms with Crippen LogP contribution in [-0.2, 0) is 0 Å². The number of carbonyl (C=O) groups is 1. The van der Waals surface area contributed by atoms with Gasteiger partial charge in [0.2, 0.25) is 0 Å². The zero-order valence-corrected chi connectivity index (χ0v) is 8.87. The van der Waals surface area contributed by atoms with Crippen LogP contribution in [0.15, 0.2) is 0 Å². The van der Waals surface area contributed by atoms with Crippen molar-refractivity contribution in [3.63, 3.8) is 0 Å². The molecule has 12 heavy (non-hydrogen) atoms. The van der Waals surface area contributed by atoms with Crippen molar-refractivity contribution < 1.29 is 4.79 Å². The average molecular weight is 231 g/mol. The summed E-state index contributed by atoms with van der Waals surface area (Å²) in [6, 6.07) is 0. The van der Waals surface area contributed by atoms with Crippen LogP contribution in [0.1, 0.15) is 25.7 Å². The molecule has 3 rings (SSSR count). The van der Waals surface area contributed by atoms with Crippen LogP contribution in [0.5, 0.6) is 0 Å². The molecule has 2 saturated heterocycles. The van der Waals surface area contributed by atoms with Crippen LogP contribution in [-0.4, -0.2) is 38.8 Å². The van der Waals surface area contributed by atoms with E-state index >= 15 is 0 Å². The van der Waals surface area contributed by atoms with Crippen LogP contribution in [0.3, 0.4) is 0 Å². The molecule has 1 saturated carbocycles. The Morgan fingerprint density at radius 1 is 1.08 bits per heavy atom. The molecule has 0 spiro atoms. The van der Waals surface area contributed by atoms with E-state index in [1.165, 1.54) is 25.7 Å². The normalized spacial score (nSPS) is 34.8. The van der Waals surface area contributed by atoms with Crippen molar-refractivity contribution in [2.75, 3.05) is 13.1 Å². The minimum atomic E-state index is 0.147. The van der Waals surface area contributed by atoms with Crippen LogP contribution in [0, 0.1) is 11.8 Å². The number of fused-ring (bicyclic) bond motifs is 4. The molecule has 1 radical (unpaired) electrons. The van der Waals surface area contributed by atoms with Gasteiger partial charge in [0, 0.05) is 0 Å². The Hall–Kier alpha value is -0.0105. The Bertz CT molecular complexity index is 173. The van der Waals surface area contributed by atoms with E-state index in [0.717, 1.165) is 24.9 Å². The van der Waals surface area contributed by atoms with Crippen molar-refractivity contribution in [1.29, 1.82) is 0 Å². The van der Waals surface area contributed by atoms with Crippen molar-refractivity contribution in [3.8, 4) is 0 Å². The summed E-state index contributed by atoms with van der Waals surface area (Å²) in [6.07, 6.45) is 5.37. The number of carbonyl (C=O) groups excluding carboxylic acids is 1. The van der Waals surface area contributed by atoms with E-state index in [9.17, 15) is 4.79 Å². The molecule has 1 aliphatic carbocycles. The van der Waals surface area contributed by atoms with E-state index in [4.69, 9.17) is 0 Å². The molecular weight excluding hydrogens is 217 g/mol. The third kappa shape index (κ3) is 1.67. The average Bonchev–Trinajstić information content (AvgIpc) is 2.36. The first-order valence-corrected chi connectivity index (χ1v) is 5.57. The van der Waals surface area contributed by atoms with Crippen molar-refractivity contribution in [2.45, 2.75) is 25.7 Å². The van der Waals surface area contributed by atoms with Crippen LogP contribution in [0.4, 0.5) is 4.79 Å². The van der Waals surface area contributed by atoms with Crippen molar-refractivity contribution >= 4 is 20.8 Å². The van der Waals surface area contributed by atoms with Gasteiger partial charge in [0.05, 0.1) is 0 Å². The second kappa shape index (κ2) is 3.39. The van der Waals surface area contributed by atoms with Gasteiger partial charge in [-0.1, -0.05) is 0 Å². The van der Waals surface area contributed by atoms with Gasteiger partial charge in [-0.2, -0.15) is 0 Å². The van der Waals surface area contributed by atoms with Gasteiger partial charge in [-0.3, -0.25) is 0 Å². The fraction of sp³-hybridized carbons (Fsp3) is 0.889. The molecule has 2 aliphatic heterocycles. The minimum absolute atomic E-state index is 0.147. The van der Waals surface area contributed by atoms with Gasteiger partial charge in [-0.25, -0.2) is 0 Å². The number of nitrogens with zero attached hydrogens (tertiary/aromatic N) is 1. The zero-order chi connectivity index (χ0) is 8.55. The molecule has 0 N–H and O–H groups in total. The van der Waals surface area contributed by atoms with Crippen LogP contribution in [0.2, 0.25) is 0 Å². The monoisotopic (exact) mass is 232 g/mol. The van der Waals surface area contributed by atoms with E-state index in [2.05, 4.69) is 16.0 Å². The predicted octanol–water partition coefficient (Wildman–Crippen LogP) is 1.40. The van der Waals surface area contributed by atoms with E-state index in [1.807, 2.05) is 4.90 Å². The maximum absolute atomic E-state index is 11.1. The van der Waals surface area contributed by atoms with Crippen LogP contribution >= 0.6 is 0 Å². The van der Waals surface area contributed by atoms with Gasteiger partial charge in [-0.15, -0.1) is 0 Å². The molecule has 3 fully saturated rings. The fourth-order valence-electron chi connectivity index (χ4n) is 2.44. The predicted molar refractivity (Wildman–Crippen MR) is 48.2 cm³/mol. The molecule has 0 aromatic carbocycles. The summed E-state index contributed by atoms with van der Waals surface area (Å²) >= 11 is 2.59. The first-order valence-electron chi connectivity index (χ1n) is 4.71. The maximum atomic E-state index is 11.1. The number of amides is 1. The molecule has 0 unspecified atom stereocenters. The van der Waals surface area contributed by atoms with Gasteiger partial charge in [0.25, 0.3) is 0 Å². The van der Waals surface area contributed by atoms with Gasteiger partial charge in [-0.05, 0) is 0 Å². The second-order valence-electron chi connectivity index (χ2n) is 4.06. The topological polar surface area (TPSA) is 20.3 Å². The zero-order valence-electron chi connectivity index (χ0n) is 7.16. The third-order valence-corrected chi connectivity index (χ3v) is 3.72. The van der Waals surface area contributed by atoms with Gasteiger partial charge in [0.15, 0.2) is 0 Å². The Kier molecular flexibility index (Phi) is 2.42. The summed E-state index contributed by atoms with van der Waals surface area (Å²) in [4.78, 5) is 13.3. The second-order valence-corrected chi connectivity index (χ2v) is 4.79. The number of rotatable bonds is 0. The number of hydrogen-bond donors (Lipinski definition) is 0. The molecule has 2 heterocycles. The molecule has 0 aromatic heterocycles. The third-order valence-electron chi connectivity index (χ3n) is 3.18. The Labute approximate surface area is 81.5 Å². The summed E-state index contributed by atoms with van der Waals surface area (Å²) in [6.45, 7) is 2.00. The van der Waals surface area contributed by atoms with Crippen LogP contribution < -0.4 is 0 Å². The Morgan fingerprint density at radius 2 is 1.50 bits per heavy atom. The van der Waals surface area contributed by atoms with Crippen molar-refractivity contribution in [2.24, 2.45) is 11.8 Å². The standard InChI is InChI=1S/C9H14NOSe/c11-9(12)10-5-7-1-2-8(6-10)4-3-7/h7-8H,1-6H2. The molecule has 2 bridgehead atoms. The van der Waals surface area contributed by atoms with E-state index in [1.54, 1.807) is 0 Å². The molecule has 3 aliphatic rings. The van der Waals surface area contributed by atoms with Crippen LogP contribution in [0.25, 0.3) is 0 Å². The van der Waals surface area contributed by atoms with Gasteiger partial charge in [0.1, 0.15) is 0 Å². The number of hydrogen-bond acceptors (Lipinski definition) is 1. The molecule has 67 valence electrons. The van der Waals surface area contributed by atoms with Gasteiger partial charge >= 0.3 is 81.1 Å². The quantitative estimate of drug-likeness (QED) is 0.577. The van der Waals surface area contributed by atoms with E-state index in [0.29, 0.717) is 0 Å². The fourth-order valence-corrected chi connectivity index (χ4v) is 2.76. The molecule has 0 aromatic rings. The first kappa shape index (κ1) is 8.58. The molecule has 1 amide bonds. The summed E-state index contributed by atoms with van der Waals surface area (Å²) < 4.78 is 0. The first-order chi connectivity index (χ1) is 5.75. The SMILES string of the molecule is O=C([Se])N1CC2CCC(CC2)C1. The Balaban J connectivity index is 2.06. The molecule has 0 atom stereocenters. The van der Waals surface area contributed by atoms with E-state index in [-0.39, 0.29) is 4.81 Å². The van der Waals surface area contributed by atoms with Gasteiger partial charge < -0.3 is 0 Å². The molecule has 3 heteroatoms. The summed E-state index contributed by atoms with van der Waals surface area (Å²) in [7, 11) is 0. The Morgan fingerprint density at radius 3 is 1.83 bits per heavy atom. The van der Waals surface area contributed by atoms with Crippen molar-refractivity contribution in [1.82, 2.24) is 4.90 Å². The summed E-state index contributed by atoms with van der Waals surface area (Å²) in [5.41, 5.74) is 0. The summed E-state index contributed by atoms with van der Waals surface area (Å²) in [5.74, 6) is 1.59.